The zero-order valence-corrected chi connectivity index (χ0v) is 20.7. The largest absolute Gasteiger partial charge is 0.383 e. The lowest BCUT2D eigenvalue weighted by atomic mass is 10.0. The van der Waals surface area contributed by atoms with Crippen LogP contribution >= 0.6 is 0 Å². The molecule has 2 heterocycles. The lowest BCUT2D eigenvalue weighted by Gasteiger charge is -2.16. The third kappa shape index (κ3) is 6.75. The highest BCUT2D eigenvalue weighted by atomic mass is 16.5. The fourth-order valence-electron chi connectivity index (χ4n) is 3.80. The minimum Gasteiger partial charge on any atom is -0.383 e. The molecule has 1 aliphatic heterocycles. The molecule has 1 fully saturated rings. The van der Waals surface area contributed by atoms with Crippen LogP contribution in [0.3, 0.4) is 0 Å². The van der Waals surface area contributed by atoms with Gasteiger partial charge in [-0.1, -0.05) is 49.1 Å². The Morgan fingerprint density at radius 1 is 1.32 bits per heavy atom. The minimum atomic E-state index is 0.467. The molecule has 0 aliphatic carbocycles. The molecule has 1 atom stereocenters. The van der Waals surface area contributed by atoms with Crippen molar-refractivity contribution in [1.29, 1.82) is 0 Å². The Morgan fingerprint density at radius 3 is 2.79 bits per heavy atom. The van der Waals surface area contributed by atoms with Crippen molar-refractivity contribution in [2.24, 2.45) is 10.9 Å². The number of rotatable bonds is 10. The molecule has 6 nitrogen and oxygen atoms in total. The predicted molar refractivity (Wildman–Crippen MR) is 144 cm³/mol. The lowest BCUT2D eigenvalue weighted by Crippen LogP contribution is -2.16. The standard InChI is InChI=1S/C28H35N5O/c1-7-22(18-33(5)6)23-9-8-10-24(14-23)27-31-17-26(25(16-29-4)13-20(2)3)28(32-27)30-15-21-11-12-34-19-21/h7-10,13-14,16-18,21H,1-2,11-12,15,19H2,3-6H3,(H,30,31,32)/b22-18+,25-13+,29-16-. The maximum Gasteiger partial charge on any atom is 0.161 e. The second kappa shape index (κ2) is 12.1. The molecule has 1 aromatic carbocycles. The van der Waals surface area contributed by atoms with E-state index in [-0.39, 0.29) is 0 Å². The molecule has 1 saturated heterocycles. The number of aromatic nitrogens is 2. The second-order valence-electron chi connectivity index (χ2n) is 8.73. The van der Waals surface area contributed by atoms with Crippen LogP contribution in [0.4, 0.5) is 5.82 Å². The molecule has 1 aliphatic rings. The topological polar surface area (TPSA) is 62.6 Å². The van der Waals surface area contributed by atoms with E-state index in [2.05, 4.69) is 35.6 Å². The summed E-state index contributed by atoms with van der Waals surface area (Å²) in [5.41, 5.74) is 5.79. The van der Waals surface area contributed by atoms with Crippen molar-refractivity contribution in [3.8, 4) is 11.4 Å². The number of anilines is 1. The SMILES string of the molecule is C=C/C(=C\N(C)C)c1cccc(-c2ncc(C(/C=N\C)=C/C(=C)C)c(NCC3CCOC3)n2)c1. The van der Waals surface area contributed by atoms with E-state index in [0.29, 0.717) is 11.7 Å². The summed E-state index contributed by atoms with van der Waals surface area (Å²) in [4.78, 5) is 15.9. The van der Waals surface area contributed by atoms with Crippen molar-refractivity contribution in [2.75, 3.05) is 46.2 Å². The van der Waals surface area contributed by atoms with Crippen LogP contribution in [0.25, 0.3) is 22.5 Å². The first-order valence-electron chi connectivity index (χ1n) is 11.5. The maximum absolute atomic E-state index is 5.55. The number of hydrogen-bond acceptors (Lipinski definition) is 6. The molecule has 0 amide bonds. The smallest absolute Gasteiger partial charge is 0.161 e. The van der Waals surface area contributed by atoms with E-state index in [1.54, 1.807) is 7.05 Å². The van der Waals surface area contributed by atoms with Gasteiger partial charge in [-0.15, -0.1) is 0 Å². The van der Waals surface area contributed by atoms with Gasteiger partial charge in [-0.05, 0) is 30.5 Å². The Labute approximate surface area is 203 Å². The number of benzene rings is 1. The van der Waals surface area contributed by atoms with Crippen molar-refractivity contribution in [1.82, 2.24) is 14.9 Å². The Bertz CT molecular complexity index is 1110. The van der Waals surface area contributed by atoms with Crippen LogP contribution in [0.2, 0.25) is 0 Å². The second-order valence-corrected chi connectivity index (χ2v) is 8.73. The molecule has 34 heavy (non-hydrogen) atoms. The van der Waals surface area contributed by atoms with Gasteiger partial charge >= 0.3 is 0 Å². The van der Waals surface area contributed by atoms with Crippen LogP contribution in [-0.4, -0.2) is 62.0 Å². The van der Waals surface area contributed by atoms with Gasteiger partial charge in [0.25, 0.3) is 0 Å². The molecule has 6 heteroatoms. The molecule has 0 bridgehead atoms. The predicted octanol–water partition coefficient (Wildman–Crippen LogP) is 5.34. The van der Waals surface area contributed by atoms with Crippen LogP contribution in [0, 0.1) is 5.92 Å². The van der Waals surface area contributed by atoms with Gasteiger partial charge in [0.1, 0.15) is 5.82 Å². The number of ether oxygens (including phenoxy) is 1. The number of hydrogen-bond donors (Lipinski definition) is 1. The van der Waals surface area contributed by atoms with Gasteiger partial charge in [-0.2, -0.15) is 0 Å². The van der Waals surface area contributed by atoms with Crippen molar-refractivity contribution in [3.05, 3.63) is 78.7 Å². The molecule has 1 unspecified atom stereocenters. The quantitative estimate of drug-likeness (QED) is 0.385. The molecular weight excluding hydrogens is 422 g/mol. The average Bonchev–Trinajstić information content (AvgIpc) is 3.34. The monoisotopic (exact) mass is 457 g/mol. The molecule has 1 N–H and O–H groups in total. The van der Waals surface area contributed by atoms with E-state index in [1.165, 1.54) is 0 Å². The van der Waals surface area contributed by atoms with Gasteiger partial charge in [0, 0.05) is 75.5 Å². The number of aliphatic imine (C=N–C) groups is 1. The summed E-state index contributed by atoms with van der Waals surface area (Å²) < 4.78 is 5.55. The highest BCUT2D eigenvalue weighted by molar-refractivity contribution is 6.12. The van der Waals surface area contributed by atoms with Gasteiger partial charge in [-0.25, -0.2) is 9.97 Å². The molecule has 2 aromatic rings. The van der Waals surface area contributed by atoms with Gasteiger partial charge < -0.3 is 15.0 Å². The fraction of sp³-hybridized carbons (Fsp3) is 0.321. The molecule has 0 spiro atoms. The van der Waals surface area contributed by atoms with E-state index in [4.69, 9.17) is 14.7 Å². The maximum atomic E-state index is 5.55. The Morgan fingerprint density at radius 2 is 2.15 bits per heavy atom. The number of nitrogens with zero attached hydrogens (tertiary/aromatic N) is 4. The average molecular weight is 458 g/mol. The van der Waals surface area contributed by atoms with Crippen LogP contribution in [0.5, 0.6) is 0 Å². The molecule has 178 valence electrons. The summed E-state index contributed by atoms with van der Waals surface area (Å²) in [7, 11) is 5.75. The molecule has 1 aromatic heterocycles. The van der Waals surface area contributed by atoms with Crippen LogP contribution in [0.1, 0.15) is 24.5 Å². The summed E-state index contributed by atoms with van der Waals surface area (Å²) in [5.74, 6) is 1.91. The molecular formula is C28H35N5O. The number of nitrogens with one attached hydrogen (secondary N) is 1. The minimum absolute atomic E-state index is 0.467. The third-order valence-corrected chi connectivity index (χ3v) is 5.42. The Balaban J connectivity index is 2.04. The van der Waals surface area contributed by atoms with Gasteiger partial charge in [0.15, 0.2) is 5.82 Å². The normalized spacial score (nSPS) is 16.6. The molecule has 0 saturated carbocycles. The van der Waals surface area contributed by atoms with E-state index < -0.39 is 0 Å². The van der Waals surface area contributed by atoms with E-state index in [1.807, 2.05) is 68.8 Å². The third-order valence-electron chi connectivity index (χ3n) is 5.42. The van der Waals surface area contributed by atoms with Crippen LogP contribution in [0.15, 0.2) is 72.5 Å². The first-order valence-corrected chi connectivity index (χ1v) is 11.5. The summed E-state index contributed by atoms with van der Waals surface area (Å²) >= 11 is 0. The van der Waals surface area contributed by atoms with Gasteiger partial charge in [0.05, 0.1) is 6.61 Å². The van der Waals surface area contributed by atoms with Crippen LogP contribution in [-0.2, 0) is 4.74 Å². The Kier molecular flexibility index (Phi) is 8.93. The zero-order valence-electron chi connectivity index (χ0n) is 20.7. The van der Waals surface area contributed by atoms with Crippen molar-refractivity contribution in [2.45, 2.75) is 13.3 Å². The van der Waals surface area contributed by atoms with Crippen molar-refractivity contribution >= 4 is 23.2 Å². The molecule has 3 rings (SSSR count). The molecule has 0 radical (unpaired) electrons. The van der Waals surface area contributed by atoms with E-state index >= 15 is 0 Å². The lowest BCUT2D eigenvalue weighted by molar-refractivity contribution is 0.187. The summed E-state index contributed by atoms with van der Waals surface area (Å²) in [6.45, 7) is 12.3. The first-order chi connectivity index (χ1) is 16.4. The summed E-state index contributed by atoms with van der Waals surface area (Å²) in [5, 5.41) is 3.55. The summed E-state index contributed by atoms with van der Waals surface area (Å²) in [6, 6.07) is 8.22. The fourth-order valence-corrected chi connectivity index (χ4v) is 3.80. The highest BCUT2D eigenvalue weighted by Gasteiger charge is 2.18. The van der Waals surface area contributed by atoms with Gasteiger partial charge in [-0.3, -0.25) is 4.99 Å². The van der Waals surface area contributed by atoms with Gasteiger partial charge in [0.2, 0.25) is 0 Å². The first kappa shape index (κ1) is 25.1. The van der Waals surface area contributed by atoms with Crippen LogP contribution < -0.4 is 5.32 Å². The van der Waals surface area contributed by atoms with Crippen molar-refractivity contribution < 1.29 is 4.74 Å². The van der Waals surface area contributed by atoms with E-state index in [9.17, 15) is 0 Å². The van der Waals surface area contributed by atoms with Crippen molar-refractivity contribution in [3.63, 3.8) is 0 Å². The highest BCUT2D eigenvalue weighted by Crippen LogP contribution is 2.28. The zero-order chi connectivity index (χ0) is 24.5. The Hall–Kier alpha value is -3.51. The number of allylic oxidation sites excluding steroid dienone is 5. The van der Waals surface area contributed by atoms with E-state index in [0.717, 1.165) is 65.4 Å². The summed E-state index contributed by atoms with van der Waals surface area (Å²) in [6.07, 6.45) is 10.6.